The standard InChI is InChI=1S/C27H30F2N2O/c28-24-12-8-22(9-13-24)27(23-10-14-25(29)15-11-23)32-21-5-4-16-30-17-19-31(20-18-30)26-6-2-1-3-7-26/h1-3,6-15,27H,4-5,16-21H2. The van der Waals surface area contributed by atoms with Gasteiger partial charge in [0.05, 0.1) is 0 Å². The molecule has 3 aromatic carbocycles. The Morgan fingerprint density at radius 2 is 1.25 bits per heavy atom. The lowest BCUT2D eigenvalue weighted by Crippen LogP contribution is -2.46. The maximum absolute atomic E-state index is 13.4. The van der Waals surface area contributed by atoms with Crippen molar-refractivity contribution in [3.63, 3.8) is 0 Å². The lowest BCUT2D eigenvalue weighted by atomic mass is 10.0. The van der Waals surface area contributed by atoms with E-state index < -0.39 is 0 Å². The van der Waals surface area contributed by atoms with Crippen molar-refractivity contribution in [2.75, 3.05) is 44.2 Å². The van der Waals surface area contributed by atoms with E-state index in [1.54, 1.807) is 24.3 Å². The van der Waals surface area contributed by atoms with Crippen LogP contribution < -0.4 is 4.90 Å². The average molecular weight is 437 g/mol. The van der Waals surface area contributed by atoms with Crippen LogP contribution in [0.4, 0.5) is 14.5 Å². The molecule has 1 saturated heterocycles. The maximum atomic E-state index is 13.4. The van der Waals surface area contributed by atoms with Crippen molar-refractivity contribution in [3.8, 4) is 0 Å². The van der Waals surface area contributed by atoms with Crippen molar-refractivity contribution < 1.29 is 13.5 Å². The Morgan fingerprint density at radius 1 is 0.688 bits per heavy atom. The first-order chi connectivity index (χ1) is 15.7. The van der Waals surface area contributed by atoms with E-state index in [2.05, 4.69) is 40.1 Å². The number of nitrogens with zero attached hydrogens (tertiary/aromatic N) is 2. The fourth-order valence-electron chi connectivity index (χ4n) is 4.17. The van der Waals surface area contributed by atoms with E-state index in [4.69, 9.17) is 4.74 Å². The fourth-order valence-corrected chi connectivity index (χ4v) is 4.17. The quantitative estimate of drug-likeness (QED) is 0.402. The Kier molecular flexibility index (Phi) is 7.86. The van der Waals surface area contributed by atoms with Gasteiger partial charge in [-0.2, -0.15) is 0 Å². The van der Waals surface area contributed by atoms with Gasteiger partial charge in [0.2, 0.25) is 0 Å². The first-order valence-electron chi connectivity index (χ1n) is 11.3. The zero-order valence-corrected chi connectivity index (χ0v) is 18.3. The molecule has 1 aliphatic heterocycles. The van der Waals surface area contributed by atoms with E-state index in [1.165, 1.54) is 30.0 Å². The van der Waals surface area contributed by atoms with Gasteiger partial charge in [-0.05, 0) is 66.9 Å². The van der Waals surface area contributed by atoms with Crippen LogP contribution in [0, 0.1) is 11.6 Å². The average Bonchev–Trinajstić information content (AvgIpc) is 2.84. The summed E-state index contributed by atoms with van der Waals surface area (Å²) in [7, 11) is 0. The number of anilines is 1. The molecule has 0 aliphatic carbocycles. The minimum absolute atomic E-state index is 0.279. The molecule has 0 radical (unpaired) electrons. The summed E-state index contributed by atoms with van der Waals surface area (Å²) in [5, 5.41) is 0. The highest BCUT2D eigenvalue weighted by Crippen LogP contribution is 2.27. The van der Waals surface area contributed by atoms with Gasteiger partial charge in [0.15, 0.2) is 0 Å². The molecule has 0 spiro atoms. The Hall–Kier alpha value is -2.76. The fraction of sp³-hybridized carbons (Fsp3) is 0.333. The second-order valence-corrected chi connectivity index (χ2v) is 8.23. The zero-order chi connectivity index (χ0) is 22.2. The van der Waals surface area contributed by atoms with Crippen LogP contribution in [-0.2, 0) is 4.74 Å². The SMILES string of the molecule is Fc1ccc(C(OCCCCN2CCN(c3ccccc3)CC2)c2ccc(F)cc2)cc1. The molecule has 1 fully saturated rings. The van der Waals surface area contributed by atoms with E-state index in [-0.39, 0.29) is 17.7 Å². The van der Waals surface area contributed by atoms with Gasteiger partial charge >= 0.3 is 0 Å². The van der Waals surface area contributed by atoms with Crippen LogP contribution in [0.1, 0.15) is 30.1 Å². The lowest BCUT2D eigenvalue weighted by molar-refractivity contribution is 0.0750. The molecule has 0 bridgehead atoms. The molecule has 0 atom stereocenters. The van der Waals surface area contributed by atoms with Gasteiger partial charge in [0.1, 0.15) is 17.7 Å². The van der Waals surface area contributed by atoms with Crippen LogP contribution in [0.25, 0.3) is 0 Å². The summed E-state index contributed by atoms with van der Waals surface area (Å²) in [6.45, 7) is 5.91. The number of piperazine rings is 1. The summed E-state index contributed by atoms with van der Waals surface area (Å²) in [5.41, 5.74) is 3.04. The van der Waals surface area contributed by atoms with Gasteiger partial charge in [-0.1, -0.05) is 42.5 Å². The molecule has 4 rings (SSSR count). The highest BCUT2D eigenvalue weighted by atomic mass is 19.1. The summed E-state index contributed by atoms with van der Waals surface area (Å²) in [6, 6.07) is 23.2. The molecule has 3 aromatic rings. The molecular weight excluding hydrogens is 406 g/mol. The topological polar surface area (TPSA) is 15.7 Å². The molecular formula is C27H30F2N2O. The monoisotopic (exact) mass is 436 g/mol. The number of unbranched alkanes of at least 4 members (excludes halogenated alkanes) is 1. The number of ether oxygens (including phenoxy) is 1. The van der Waals surface area contributed by atoms with E-state index in [9.17, 15) is 8.78 Å². The number of rotatable bonds is 9. The lowest BCUT2D eigenvalue weighted by Gasteiger charge is -2.36. The molecule has 0 saturated carbocycles. The van der Waals surface area contributed by atoms with Crippen molar-refractivity contribution in [3.05, 3.63) is 102 Å². The number of benzene rings is 3. The second kappa shape index (κ2) is 11.2. The van der Waals surface area contributed by atoms with Crippen LogP contribution in [0.2, 0.25) is 0 Å². The van der Waals surface area contributed by atoms with Crippen LogP contribution in [0.5, 0.6) is 0 Å². The highest BCUT2D eigenvalue weighted by Gasteiger charge is 2.17. The molecule has 3 nitrogen and oxygen atoms in total. The van der Waals surface area contributed by atoms with Gasteiger partial charge in [0, 0.05) is 38.5 Å². The van der Waals surface area contributed by atoms with Gasteiger partial charge in [0.25, 0.3) is 0 Å². The van der Waals surface area contributed by atoms with Crippen LogP contribution in [-0.4, -0.2) is 44.2 Å². The van der Waals surface area contributed by atoms with Crippen LogP contribution in [0.15, 0.2) is 78.9 Å². The Bertz CT molecular complexity index is 894. The van der Waals surface area contributed by atoms with Crippen LogP contribution >= 0.6 is 0 Å². The van der Waals surface area contributed by atoms with E-state index in [1.807, 2.05) is 0 Å². The smallest absolute Gasteiger partial charge is 0.123 e. The van der Waals surface area contributed by atoms with Crippen LogP contribution in [0.3, 0.4) is 0 Å². The van der Waals surface area contributed by atoms with Gasteiger partial charge in [-0.15, -0.1) is 0 Å². The summed E-state index contributed by atoms with van der Waals surface area (Å²) in [5.74, 6) is -0.557. The zero-order valence-electron chi connectivity index (χ0n) is 18.3. The summed E-state index contributed by atoms with van der Waals surface area (Å²) in [6.07, 6.45) is 1.67. The summed E-state index contributed by atoms with van der Waals surface area (Å²) in [4.78, 5) is 4.95. The number of halogens is 2. The number of hydrogen-bond acceptors (Lipinski definition) is 3. The highest BCUT2D eigenvalue weighted by molar-refractivity contribution is 5.46. The van der Waals surface area contributed by atoms with Crippen molar-refractivity contribution in [2.45, 2.75) is 18.9 Å². The number of hydrogen-bond donors (Lipinski definition) is 0. The van der Waals surface area contributed by atoms with E-state index >= 15 is 0 Å². The third kappa shape index (κ3) is 6.15. The van der Waals surface area contributed by atoms with Crippen molar-refractivity contribution in [2.24, 2.45) is 0 Å². The van der Waals surface area contributed by atoms with Crippen molar-refractivity contribution in [1.82, 2.24) is 4.90 Å². The predicted octanol–water partition coefficient (Wildman–Crippen LogP) is 5.67. The minimum Gasteiger partial charge on any atom is -0.369 e. The summed E-state index contributed by atoms with van der Waals surface area (Å²) >= 11 is 0. The molecule has 168 valence electrons. The summed E-state index contributed by atoms with van der Waals surface area (Å²) < 4.78 is 32.9. The van der Waals surface area contributed by atoms with Crippen molar-refractivity contribution >= 4 is 5.69 Å². The van der Waals surface area contributed by atoms with E-state index in [0.29, 0.717) is 6.61 Å². The molecule has 0 aromatic heterocycles. The Balaban J connectivity index is 1.23. The van der Waals surface area contributed by atoms with Gasteiger partial charge < -0.3 is 9.64 Å². The third-order valence-corrected chi connectivity index (χ3v) is 5.99. The van der Waals surface area contributed by atoms with E-state index in [0.717, 1.165) is 56.7 Å². The molecule has 32 heavy (non-hydrogen) atoms. The first-order valence-corrected chi connectivity index (χ1v) is 11.3. The molecule has 5 heteroatoms. The van der Waals surface area contributed by atoms with Gasteiger partial charge in [-0.25, -0.2) is 8.78 Å². The molecule has 1 aliphatic rings. The largest absolute Gasteiger partial charge is 0.369 e. The molecule has 1 heterocycles. The predicted molar refractivity (Wildman–Crippen MR) is 125 cm³/mol. The van der Waals surface area contributed by atoms with Crippen molar-refractivity contribution in [1.29, 1.82) is 0 Å². The third-order valence-electron chi connectivity index (χ3n) is 5.99. The Labute approximate surface area is 189 Å². The molecule has 0 N–H and O–H groups in total. The normalized spacial score (nSPS) is 14.8. The molecule has 0 unspecified atom stereocenters. The number of para-hydroxylation sites is 1. The second-order valence-electron chi connectivity index (χ2n) is 8.23. The van der Waals surface area contributed by atoms with Gasteiger partial charge in [-0.3, -0.25) is 4.90 Å². The first kappa shape index (κ1) is 22.4. The molecule has 0 amide bonds. The maximum Gasteiger partial charge on any atom is 0.123 e. The Morgan fingerprint density at radius 3 is 1.81 bits per heavy atom. The minimum atomic E-state index is -0.328.